The fourth-order valence-corrected chi connectivity index (χ4v) is 1.75. The van der Waals surface area contributed by atoms with Crippen LogP contribution >= 0.6 is 0 Å². The smallest absolute Gasteiger partial charge is 0.101 e. The third-order valence-corrected chi connectivity index (χ3v) is 3.23. The highest BCUT2D eigenvalue weighted by Crippen LogP contribution is 2.13. The van der Waals surface area contributed by atoms with Crippen LogP contribution in [0.5, 0.6) is 0 Å². The van der Waals surface area contributed by atoms with Gasteiger partial charge in [0.15, 0.2) is 0 Å². The third kappa shape index (κ3) is 4.62. The molecular weight excluding hydrogens is 246 g/mol. The third-order valence-electron chi connectivity index (χ3n) is 3.23. The van der Waals surface area contributed by atoms with Gasteiger partial charge in [0.05, 0.1) is 17.8 Å². The summed E-state index contributed by atoms with van der Waals surface area (Å²) in [6.07, 6.45) is 3.99. The number of aryl methyl sites for hydroxylation is 1. The number of pyridine rings is 1. The van der Waals surface area contributed by atoms with Gasteiger partial charge in [-0.15, -0.1) is 0 Å². The van der Waals surface area contributed by atoms with Crippen molar-refractivity contribution in [1.29, 1.82) is 5.26 Å². The summed E-state index contributed by atoms with van der Waals surface area (Å²) in [5.41, 5.74) is 3.99. The molecule has 0 saturated carbocycles. The minimum Gasteiger partial charge on any atom is -0.289 e. The van der Waals surface area contributed by atoms with Crippen LogP contribution in [0.2, 0.25) is 0 Å². The van der Waals surface area contributed by atoms with E-state index in [1.165, 1.54) is 5.57 Å². The van der Waals surface area contributed by atoms with Crippen LogP contribution in [-0.2, 0) is 0 Å². The number of allylic oxidation sites excluding steroid dienone is 1. The van der Waals surface area contributed by atoms with E-state index < -0.39 is 0 Å². The van der Waals surface area contributed by atoms with Gasteiger partial charge in [-0.1, -0.05) is 27.7 Å². The van der Waals surface area contributed by atoms with Crippen molar-refractivity contribution >= 4 is 6.21 Å². The molecule has 0 unspecified atom stereocenters. The van der Waals surface area contributed by atoms with Crippen LogP contribution in [0, 0.1) is 24.2 Å². The summed E-state index contributed by atoms with van der Waals surface area (Å²) in [5.74, 6) is 1.11. The van der Waals surface area contributed by atoms with E-state index in [0.29, 0.717) is 17.4 Å². The zero-order valence-electron chi connectivity index (χ0n) is 13.0. The quantitative estimate of drug-likeness (QED) is 0.813. The molecule has 0 atom stereocenters. The van der Waals surface area contributed by atoms with E-state index in [4.69, 9.17) is 5.26 Å². The minimum atomic E-state index is 0.427. The number of aliphatic imine (C=N–C) groups is 1. The van der Waals surface area contributed by atoms with Crippen molar-refractivity contribution in [3.8, 4) is 6.07 Å². The van der Waals surface area contributed by atoms with Crippen molar-refractivity contribution in [2.45, 2.75) is 40.5 Å². The highest BCUT2D eigenvalue weighted by atomic mass is 14.7. The number of hydrogen-bond donors (Lipinski definition) is 0. The van der Waals surface area contributed by atoms with Crippen LogP contribution in [-0.4, -0.2) is 17.7 Å². The van der Waals surface area contributed by atoms with Crippen LogP contribution in [0.15, 0.2) is 28.8 Å². The van der Waals surface area contributed by atoms with Gasteiger partial charge >= 0.3 is 0 Å². The molecule has 1 aromatic heterocycles. The topological polar surface area (TPSA) is 49.0 Å². The molecule has 1 aromatic rings. The Kier molecular flexibility index (Phi) is 6.11. The minimum absolute atomic E-state index is 0.427. The molecule has 3 nitrogen and oxygen atoms in total. The van der Waals surface area contributed by atoms with Crippen molar-refractivity contribution in [2.24, 2.45) is 10.9 Å². The fourth-order valence-electron chi connectivity index (χ4n) is 1.75. The first-order valence-electron chi connectivity index (χ1n) is 7.02. The number of aromatic nitrogens is 1. The highest BCUT2D eigenvalue weighted by molar-refractivity contribution is 5.75. The van der Waals surface area contributed by atoms with Gasteiger partial charge < -0.3 is 0 Å². The first-order valence-corrected chi connectivity index (χ1v) is 7.02. The lowest BCUT2D eigenvalue weighted by atomic mass is 10.1. The van der Waals surface area contributed by atoms with Crippen LogP contribution in [0.3, 0.4) is 0 Å². The second-order valence-electron chi connectivity index (χ2n) is 5.52. The normalized spacial score (nSPS) is 13.0. The maximum absolute atomic E-state index is 8.66. The second kappa shape index (κ2) is 7.59. The van der Waals surface area contributed by atoms with Gasteiger partial charge in [0.1, 0.15) is 6.07 Å². The fraction of sp³-hybridized carbons (Fsp3) is 0.471. The lowest BCUT2D eigenvalue weighted by molar-refractivity contribution is 0.754. The molecule has 3 heteroatoms. The van der Waals surface area contributed by atoms with Crippen molar-refractivity contribution < 1.29 is 0 Å². The van der Waals surface area contributed by atoms with Crippen molar-refractivity contribution in [3.05, 3.63) is 40.7 Å². The van der Waals surface area contributed by atoms with E-state index >= 15 is 0 Å². The van der Waals surface area contributed by atoms with Gasteiger partial charge in [-0.25, -0.2) is 0 Å². The van der Waals surface area contributed by atoms with Gasteiger partial charge in [-0.2, -0.15) is 5.26 Å². The van der Waals surface area contributed by atoms with Crippen LogP contribution < -0.4 is 0 Å². The Morgan fingerprint density at radius 2 is 1.85 bits per heavy atom. The Bertz CT molecular complexity index is 546. The largest absolute Gasteiger partial charge is 0.289 e. The number of rotatable bonds is 2. The molecule has 0 bridgehead atoms. The molecule has 0 amide bonds. The van der Waals surface area contributed by atoms with E-state index in [9.17, 15) is 0 Å². The van der Waals surface area contributed by atoms with E-state index in [-0.39, 0.29) is 0 Å². The maximum atomic E-state index is 8.66. The van der Waals surface area contributed by atoms with E-state index in [1.807, 2.05) is 25.3 Å². The van der Waals surface area contributed by atoms with E-state index in [2.05, 4.69) is 49.8 Å². The van der Waals surface area contributed by atoms with Crippen molar-refractivity contribution in [1.82, 2.24) is 4.98 Å². The summed E-state index contributed by atoms with van der Waals surface area (Å²) in [4.78, 5) is 8.39. The molecule has 1 aliphatic rings. The Balaban J connectivity index is 0.000000217. The van der Waals surface area contributed by atoms with Crippen molar-refractivity contribution in [2.75, 3.05) is 6.54 Å². The maximum Gasteiger partial charge on any atom is 0.101 e. The summed E-state index contributed by atoms with van der Waals surface area (Å²) in [5, 5.41) is 8.66. The van der Waals surface area contributed by atoms with Crippen LogP contribution in [0.1, 0.15) is 50.6 Å². The van der Waals surface area contributed by atoms with Gasteiger partial charge in [0.2, 0.25) is 0 Å². The first kappa shape index (κ1) is 16.1. The summed E-state index contributed by atoms with van der Waals surface area (Å²) in [6.45, 7) is 11.4. The summed E-state index contributed by atoms with van der Waals surface area (Å²) >= 11 is 0. The molecule has 2 heterocycles. The van der Waals surface area contributed by atoms with Crippen LogP contribution in [0.4, 0.5) is 0 Å². The van der Waals surface area contributed by atoms with Gasteiger partial charge in [0.25, 0.3) is 0 Å². The molecule has 0 saturated heterocycles. The molecule has 1 aliphatic heterocycles. The zero-order valence-corrected chi connectivity index (χ0v) is 13.0. The molecule has 0 aliphatic carbocycles. The van der Waals surface area contributed by atoms with E-state index in [0.717, 1.165) is 17.9 Å². The molecule has 0 radical (unpaired) electrons. The zero-order chi connectivity index (χ0) is 15.1. The van der Waals surface area contributed by atoms with Crippen molar-refractivity contribution in [3.63, 3.8) is 0 Å². The second-order valence-corrected chi connectivity index (χ2v) is 5.52. The summed E-state index contributed by atoms with van der Waals surface area (Å²) < 4.78 is 0. The predicted molar refractivity (Wildman–Crippen MR) is 84.1 cm³/mol. The number of nitriles is 1. The molecule has 0 aromatic carbocycles. The van der Waals surface area contributed by atoms with Crippen LogP contribution in [0.25, 0.3) is 0 Å². The van der Waals surface area contributed by atoms with E-state index in [1.54, 1.807) is 0 Å². The Hall–Kier alpha value is -1.95. The molecule has 0 N–H and O–H groups in total. The SMILES string of the molecule is CC(C)C1=CC=NC1.Cc1nc(C(C)C)ccc1C#N. The lowest BCUT2D eigenvalue weighted by Gasteiger charge is -2.05. The Morgan fingerprint density at radius 1 is 1.15 bits per heavy atom. The van der Waals surface area contributed by atoms with Gasteiger partial charge in [-0.05, 0) is 42.5 Å². The summed E-state index contributed by atoms with van der Waals surface area (Å²) in [6, 6.07) is 5.84. The standard InChI is InChI=1S/C10H12N2.C7H11N/c1-7(2)10-5-4-9(6-11)8(3)12-10;1-6(2)7-3-4-8-5-7/h4-5,7H,1-3H3;3-4,6H,5H2,1-2H3. The van der Waals surface area contributed by atoms with Gasteiger partial charge in [0, 0.05) is 11.9 Å². The Morgan fingerprint density at radius 3 is 2.20 bits per heavy atom. The van der Waals surface area contributed by atoms with Gasteiger partial charge in [-0.3, -0.25) is 9.98 Å². The molecule has 106 valence electrons. The lowest BCUT2D eigenvalue weighted by Crippen LogP contribution is -1.96. The molecule has 0 fully saturated rings. The number of hydrogen-bond acceptors (Lipinski definition) is 3. The average Bonchev–Trinajstić information content (AvgIpc) is 2.93. The molecule has 20 heavy (non-hydrogen) atoms. The summed E-state index contributed by atoms with van der Waals surface area (Å²) in [7, 11) is 0. The average molecular weight is 269 g/mol. The molecule has 0 spiro atoms. The highest BCUT2D eigenvalue weighted by Gasteiger charge is 2.03. The molecule has 2 rings (SSSR count). The number of nitrogens with zero attached hydrogens (tertiary/aromatic N) is 3. The monoisotopic (exact) mass is 269 g/mol. The Labute approximate surface area is 122 Å². The first-order chi connectivity index (χ1) is 9.45. The molecular formula is C17H23N3. The predicted octanol–water partition coefficient (Wildman–Crippen LogP) is 4.04.